The molecule has 0 bridgehead atoms. The van der Waals surface area contributed by atoms with Gasteiger partial charge in [-0.1, -0.05) is 42.5 Å². The van der Waals surface area contributed by atoms with Crippen molar-refractivity contribution in [3.8, 4) is 0 Å². The maximum Gasteiger partial charge on any atom is 0.339 e. The number of carbonyl (C=O) groups excluding carboxylic acids is 3. The third-order valence-electron chi connectivity index (χ3n) is 4.53. The molecule has 0 fully saturated rings. The Bertz CT molecular complexity index is 1120. The largest absolute Gasteiger partial charge is 0.465 e. The highest BCUT2D eigenvalue weighted by molar-refractivity contribution is 6.09. The Kier molecular flexibility index (Phi) is 6.96. The SMILES string of the molecule is COC(=O)c1ccccc1NC(=O)c1ccc(NC(=O)/C(C)=C/c2ccccc2)cc1. The van der Waals surface area contributed by atoms with Crippen molar-refractivity contribution in [2.24, 2.45) is 0 Å². The van der Waals surface area contributed by atoms with Gasteiger partial charge in [-0.05, 0) is 55.0 Å². The molecule has 0 heterocycles. The molecule has 3 rings (SSSR count). The lowest BCUT2D eigenvalue weighted by atomic mass is 10.1. The number of para-hydroxylation sites is 1. The van der Waals surface area contributed by atoms with Crippen LogP contribution in [0, 0.1) is 0 Å². The fourth-order valence-electron chi connectivity index (χ4n) is 2.87. The first-order valence-electron chi connectivity index (χ1n) is 9.61. The van der Waals surface area contributed by atoms with Gasteiger partial charge in [0.2, 0.25) is 0 Å². The zero-order valence-electron chi connectivity index (χ0n) is 17.2. The van der Waals surface area contributed by atoms with Crippen LogP contribution in [0.3, 0.4) is 0 Å². The molecule has 6 nitrogen and oxygen atoms in total. The summed E-state index contributed by atoms with van der Waals surface area (Å²) in [4.78, 5) is 36.8. The van der Waals surface area contributed by atoms with Gasteiger partial charge < -0.3 is 15.4 Å². The summed E-state index contributed by atoms with van der Waals surface area (Å²) in [5.41, 5.74) is 3.08. The van der Waals surface area contributed by atoms with Crippen LogP contribution in [0.4, 0.5) is 11.4 Å². The van der Waals surface area contributed by atoms with E-state index in [0.29, 0.717) is 22.5 Å². The Hall–Kier alpha value is -4.19. The monoisotopic (exact) mass is 414 g/mol. The Labute approximate surface area is 180 Å². The molecule has 0 aliphatic heterocycles. The van der Waals surface area contributed by atoms with Crippen molar-refractivity contribution >= 4 is 35.2 Å². The first-order chi connectivity index (χ1) is 15.0. The van der Waals surface area contributed by atoms with Crippen molar-refractivity contribution < 1.29 is 19.1 Å². The maximum absolute atomic E-state index is 12.6. The van der Waals surface area contributed by atoms with Crippen molar-refractivity contribution in [3.63, 3.8) is 0 Å². The average molecular weight is 414 g/mol. The standard InChI is InChI=1S/C25H22N2O4/c1-17(16-18-8-4-3-5-9-18)23(28)26-20-14-12-19(13-15-20)24(29)27-22-11-7-6-10-21(22)25(30)31-2/h3-16H,1-2H3,(H,26,28)(H,27,29)/b17-16+. The van der Waals surface area contributed by atoms with E-state index in [9.17, 15) is 14.4 Å². The van der Waals surface area contributed by atoms with Crippen LogP contribution in [0.15, 0.2) is 84.4 Å². The molecule has 156 valence electrons. The van der Waals surface area contributed by atoms with Crippen molar-refractivity contribution in [1.29, 1.82) is 0 Å². The molecule has 3 aromatic rings. The van der Waals surface area contributed by atoms with Crippen LogP contribution in [0.5, 0.6) is 0 Å². The van der Waals surface area contributed by atoms with Gasteiger partial charge in [-0.25, -0.2) is 4.79 Å². The Morgan fingerprint density at radius 2 is 1.45 bits per heavy atom. The predicted octanol–water partition coefficient (Wildman–Crippen LogP) is 4.77. The van der Waals surface area contributed by atoms with E-state index in [1.165, 1.54) is 7.11 Å². The van der Waals surface area contributed by atoms with Gasteiger partial charge in [0, 0.05) is 16.8 Å². The second-order valence-electron chi connectivity index (χ2n) is 6.76. The Morgan fingerprint density at radius 1 is 0.806 bits per heavy atom. The second kappa shape index (κ2) is 10.0. The highest BCUT2D eigenvalue weighted by Gasteiger charge is 2.14. The summed E-state index contributed by atoms with van der Waals surface area (Å²) in [6.45, 7) is 1.74. The number of hydrogen-bond donors (Lipinski definition) is 2. The van der Waals surface area contributed by atoms with Gasteiger partial charge in [0.1, 0.15) is 0 Å². The molecule has 0 atom stereocenters. The molecule has 0 unspecified atom stereocenters. The third kappa shape index (κ3) is 5.67. The molecule has 0 saturated carbocycles. The minimum absolute atomic E-state index is 0.229. The van der Waals surface area contributed by atoms with Crippen molar-refractivity contribution in [3.05, 3.63) is 101 Å². The summed E-state index contributed by atoms with van der Waals surface area (Å²) < 4.78 is 4.74. The number of hydrogen-bond acceptors (Lipinski definition) is 4. The first kappa shape index (κ1) is 21.5. The van der Waals surface area contributed by atoms with Crippen molar-refractivity contribution in [2.45, 2.75) is 6.92 Å². The van der Waals surface area contributed by atoms with Gasteiger partial charge in [-0.2, -0.15) is 0 Å². The minimum atomic E-state index is -0.534. The summed E-state index contributed by atoms with van der Waals surface area (Å²) in [7, 11) is 1.28. The molecule has 0 spiro atoms. The number of rotatable bonds is 6. The van der Waals surface area contributed by atoms with E-state index in [1.807, 2.05) is 30.3 Å². The van der Waals surface area contributed by atoms with Crippen LogP contribution in [-0.4, -0.2) is 24.9 Å². The number of amides is 2. The average Bonchev–Trinajstić information content (AvgIpc) is 2.80. The molecule has 2 N–H and O–H groups in total. The van der Waals surface area contributed by atoms with Gasteiger partial charge >= 0.3 is 5.97 Å². The lowest BCUT2D eigenvalue weighted by Crippen LogP contribution is -2.16. The van der Waals surface area contributed by atoms with Crippen molar-refractivity contribution in [1.82, 2.24) is 0 Å². The van der Waals surface area contributed by atoms with E-state index >= 15 is 0 Å². The molecule has 31 heavy (non-hydrogen) atoms. The van der Waals surface area contributed by atoms with Gasteiger partial charge in [0.15, 0.2) is 0 Å². The third-order valence-corrected chi connectivity index (χ3v) is 4.53. The predicted molar refractivity (Wildman–Crippen MR) is 121 cm³/mol. The summed E-state index contributed by atoms with van der Waals surface area (Å²) >= 11 is 0. The number of anilines is 2. The van der Waals surface area contributed by atoms with E-state index in [4.69, 9.17) is 4.74 Å². The van der Waals surface area contributed by atoms with Gasteiger partial charge in [-0.3, -0.25) is 9.59 Å². The van der Waals surface area contributed by atoms with E-state index in [2.05, 4.69) is 10.6 Å². The normalized spacial score (nSPS) is 10.8. The van der Waals surface area contributed by atoms with Crippen LogP contribution in [0.1, 0.15) is 33.2 Å². The molecular formula is C25H22N2O4. The fraction of sp³-hybridized carbons (Fsp3) is 0.0800. The molecule has 0 radical (unpaired) electrons. The number of methoxy groups -OCH3 is 1. The quantitative estimate of drug-likeness (QED) is 0.450. The molecule has 0 saturated heterocycles. The second-order valence-corrected chi connectivity index (χ2v) is 6.76. The summed E-state index contributed by atoms with van der Waals surface area (Å²) in [5.74, 6) is -1.14. The van der Waals surface area contributed by atoms with Crippen LogP contribution < -0.4 is 10.6 Å². The van der Waals surface area contributed by atoms with Gasteiger partial charge in [0.05, 0.1) is 18.4 Å². The zero-order valence-corrected chi connectivity index (χ0v) is 17.2. The number of esters is 1. The van der Waals surface area contributed by atoms with Gasteiger partial charge in [0.25, 0.3) is 11.8 Å². The minimum Gasteiger partial charge on any atom is -0.465 e. The van der Waals surface area contributed by atoms with E-state index in [1.54, 1.807) is 61.5 Å². The number of ether oxygens (including phenoxy) is 1. The number of carbonyl (C=O) groups is 3. The Balaban J connectivity index is 1.66. The summed E-state index contributed by atoms with van der Waals surface area (Å²) in [6, 6.07) is 22.7. The first-order valence-corrected chi connectivity index (χ1v) is 9.61. The smallest absolute Gasteiger partial charge is 0.339 e. The molecule has 0 aromatic heterocycles. The number of nitrogens with one attached hydrogen (secondary N) is 2. The molecule has 3 aromatic carbocycles. The maximum atomic E-state index is 12.6. The van der Waals surface area contributed by atoms with E-state index in [-0.39, 0.29) is 17.4 Å². The fourth-order valence-corrected chi connectivity index (χ4v) is 2.87. The van der Waals surface area contributed by atoms with Crippen LogP contribution in [-0.2, 0) is 9.53 Å². The van der Waals surface area contributed by atoms with Crippen molar-refractivity contribution in [2.75, 3.05) is 17.7 Å². The molecular weight excluding hydrogens is 392 g/mol. The summed E-state index contributed by atoms with van der Waals surface area (Å²) in [6.07, 6.45) is 1.80. The van der Waals surface area contributed by atoms with E-state index < -0.39 is 5.97 Å². The van der Waals surface area contributed by atoms with Crippen LogP contribution in [0.25, 0.3) is 6.08 Å². The van der Waals surface area contributed by atoms with Gasteiger partial charge in [-0.15, -0.1) is 0 Å². The molecule has 2 amide bonds. The highest BCUT2D eigenvalue weighted by atomic mass is 16.5. The summed E-state index contributed by atoms with van der Waals surface area (Å²) in [5, 5.41) is 5.52. The molecule has 6 heteroatoms. The van der Waals surface area contributed by atoms with Crippen LogP contribution in [0.2, 0.25) is 0 Å². The lowest BCUT2D eigenvalue weighted by molar-refractivity contribution is -0.112. The number of benzene rings is 3. The highest BCUT2D eigenvalue weighted by Crippen LogP contribution is 2.18. The Morgan fingerprint density at radius 3 is 2.13 bits per heavy atom. The topological polar surface area (TPSA) is 84.5 Å². The van der Waals surface area contributed by atoms with E-state index in [0.717, 1.165) is 5.56 Å². The lowest BCUT2D eigenvalue weighted by Gasteiger charge is -2.10. The zero-order chi connectivity index (χ0) is 22.2. The van der Waals surface area contributed by atoms with Crippen LogP contribution >= 0.6 is 0 Å². The molecule has 0 aliphatic rings. The molecule has 0 aliphatic carbocycles.